The monoisotopic (exact) mass is 596 g/mol. The van der Waals surface area contributed by atoms with Crippen molar-refractivity contribution in [3.05, 3.63) is 58.9 Å². The van der Waals surface area contributed by atoms with Crippen LogP contribution >= 0.6 is 11.7 Å². The van der Waals surface area contributed by atoms with Crippen molar-refractivity contribution in [3.63, 3.8) is 0 Å². The van der Waals surface area contributed by atoms with Gasteiger partial charge in [-0.1, -0.05) is 6.07 Å². The van der Waals surface area contributed by atoms with Crippen LogP contribution in [0.15, 0.2) is 41.3 Å². The van der Waals surface area contributed by atoms with E-state index < -0.39 is 10.0 Å². The van der Waals surface area contributed by atoms with Gasteiger partial charge in [0.05, 0.1) is 28.0 Å². The maximum Gasteiger partial charge on any atom is 0.269 e. The Balaban J connectivity index is 1.14. The average Bonchev–Trinajstić information content (AvgIpc) is 3.59. The van der Waals surface area contributed by atoms with E-state index in [2.05, 4.69) is 29.8 Å². The zero-order valence-corrected chi connectivity index (χ0v) is 23.8. The predicted molar refractivity (Wildman–Crippen MR) is 151 cm³/mol. The van der Waals surface area contributed by atoms with E-state index in [9.17, 15) is 18.0 Å². The molecule has 214 valence electrons. The second kappa shape index (κ2) is 11.2. The largest absolute Gasteiger partial charge is 0.482 e. The minimum atomic E-state index is -3.92. The summed E-state index contributed by atoms with van der Waals surface area (Å²) in [5.41, 5.74) is 4.89. The molecule has 2 aromatic carbocycles. The summed E-state index contributed by atoms with van der Waals surface area (Å²) in [7, 11) is -2.37. The molecule has 13 nitrogen and oxygen atoms in total. The summed E-state index contributed by atoms with van der Waals surface area (Å²) in [4.78, 5) is 24.7. The number of fused-ring (bicyclic) bond motifs is 3. The predicted octanol–water partition coefficient (Wildman–Crippen LogP) is 1.51. The lowest BCUT2D eigenvalue weighted by molar-refractivity contribution is -0.118. The smallest absolute Gasteiger partial charge is 0.269 e. The van der Waals surface area contributed by atoms with Crippen molar-refractivity contribution in [2.24, 2.45) is 0 Å². The highest BCUT2D eigenvalue weighted by Crippen LogP contribution is 2.33. The van der Waals surface area contributed by atoms with Crippen molar-refractivity contribution in [2.45, 2.75) is 37.4 Å². The standard InChI is InChI=1S/C26H28N8O5S2/c1-27-26(36)25-18-14-33(41(37,38)17-4-6-23-22(12-17)29-24(35)15-39-23)10-7-19(18)30-34(25)9-2-8-28-13-16-3-5-20-21(11-16)32-40-31-20/h3-6,11-12,28H,2,7-10,13-15H2,1H3,(H,27,36)(H,29,35). The fourth-order valence-corrected chi connectivity index (χ4v) is 6.99. The van der Waals surface area contributed by atoms with Gasteiger partial charge in [0.25, 0.3) is 11.8 Å². The molecule has 6 rings (SSSR count). The van der Waals surface area contributed by atoms with E-state index >= 15 is 0 Å². The molecule has 0 saturated carbocycles. The van der Waals surface area contributed by atoms with E-state index in [0.29, 0.717) is 48.7 Å². The summed E-state index contributed by atoms with van der Waals surface area (Å²) in [5, 5.41) is 13.4. The molecule has 2 aromatic heterocycles. The highest BCUT2D eigenvalue weighted by atomic mass is 32.2. The van der Waals surface area contributed by atoms with Crippen LogP contribution in [0.2, 0.25) is 0 Å². The number of carbonyl (C=O) groups is 2. The Bertz CT molecular complexity index is 1750. The number of carbonyl (C=O) groups excluding carboxylic acids is 2. The molecular weight excluding hydrogens is 568 g/mol. The first kappa shape index (κ1) is 27.3. The number of amides is 2. The Morgan fingerprint density at radius 2 is 2.02 bits per heavy atom. The van der Waals surface area contributed by atoms with Crippen LogP contribution in [0.5, 0.6) is 5.75 Å². The van der Waals surface area contributed by atoms with E-state index in [1.807, 2.05) is 18.2 Å². The molecule has 4 aromatic rings. The third kappa shape index (κ3) is 5.40. The average molecular weight is 597 g/mol. The van der Waals surface area contributed by atoms with Gasteiger partial charge in [-0.2, -0.15) is 18.2 Å². The third-order valence-electron chi connectivity index (χ3n) is 7.10. The Morgan fingerprint density at radius 1 is 1.17 bits per heavy atom. The Kier molecular flexibility index (Phi) is 7.42. The molecule has 2 aliphatic heterocycles. The molecule has 15 heteroatoms. The maximum atomic E-state index is 13.6. The Morgan fingerprint density at radius 3 is 2.88 bits per heavy atom. The Hall–Kier alpha value is -3.92. The van der Waals surface area contributed by atoms with Gasteiger partial charge in [0, 0.05) is 45.2 Å². The zero-order valence-electron chi connectivity index (χ0n) is 22.2. The van der Waals surface area contributed by atoms with Gasteiger partial charge < -0.3 is 20.7 Å². The highest BCUT2D eigenvalue weighted by molar-refractivity contribution is 7.89. The van der Waals surface area contributed by atoms with Crippen molar-refractivity contribution in [2.75, 3.05) is 32.1 Å². The quantitative estimate of drug-likeness (QED) is 0.243. The fraction of sp³-hybridized carbons (Fsp3) is 0.346. The van der Waals surface area contributed by atoms with Gasteiger partial charge in [-0.15, -0.1) is 0 Å². The minimum absolute atomic E-state index is 0.0204. The van der Waals surface area contributed by atoms with Crippen LogP contribution in [0.4, 0.5) is 5.69 Å². The number of nitrogens with zero attached hydrogens (tertiary/aromatic N) is 5. The van der Waals surface area contributed by atoms with Crippen molar-refractivity contribution < 1.29 is 22.7 Å². The fourth-order valence-electron chi connectivity index (χ4n) is 5.04. The highest BCUT2D eigenvalue weighted by Gasteiger charge is 2.34. The minimum Gasteiger partial charge on any atom is -0.482 e. The SMILES string of the molecule is CNC(=O)c1c2c(nn1CCCNCc1ccc3nsnc3c1)CCN(S(=O)(=O)c1ccc3c(c1)NC(=O)CO3)C2. The van der Waals surface area contributed by atoms with Crippen LogP contribution in [0.25, 0.3) is 11.0 Å². The van der Waals surface area contributed by atoms with E-state index in [1.54, 1.807) is 11.7 Å². The number of aromatic nitrogens is 4. The lowest BCUT2D eigenvalue weighted by Crippen LogP contribution is -2.37. The second-order valence-corrected chi connectivity index (χ2v) is 12.2. The summed E-state index contributed by atoms with van der Waals surface area (Å²) < 4.78 is 44.0. The van der Waals surface area contributed by atoms with Crippen LogP contribution in [0.1, 0.15) is 33.7 Å². The lowest BCUT2D eigenvalue weighted by atomic mass is 10.1. The topological polar surface area (TPSA) is 160 Å². The van der Waals surface area contributed by atoms with Gasteiger partial charge in [-0.05, 0) is 48.9 Å². The van der Waals surface area contributed by atoms with Crippen molar-refractivity contribution in [1.82, 2.24) is 33.5 Å². The number of anilines is 1. The molecule has 0 saturated heterocycles. The molecule has 0 fully saturated rings. The number of aryl methyl sites for hydroxylation is 1. The van der Waals surface area contributed by atoms with E-state index in [1.165, 1.54) is 34.2 Å². The molecule has 0 unspecified atom stereocenters. The van der Waals surface area contributed by atoms with Crippen molar-refractivity contribution in [3.8, 4) is 5.75 Å². The number of hydrogen-bond acceptors (Lipinski definition) is 10. The molecule has 0 radical (unpaired) electrons. The van der Waals surface area contributed by atoms with Crippen LogP contribution in [0, 0.1) is 0 Å². The summed E-state index contributed by atoms with van der Waals surface area (Å²) in [5.74, 6) is -0.244. The first-order valence-corrected chi connectivity index (χ1v) is 15.3. The molecule has 0 atom stereocenters. The van der Waals surface area contributed by atoms with Crippen molar-refractivity contribution in [1.29, 1.82) is 0 Å². The third-order valence-corrected chi connectivity index (χ3v) is 9.50. The molecule has 0 aliphatic carbocycles. The lowest BCUT2D eigenvalue weighted by Gasteiger charge is -2.27. The van der Waals surface area contributed by atoms with Gasteiger partial charge in [0.1, 0.15) is 22.5 Å². The van der Waals surface area contributed by atoms with E-state index in [-0.39, 0.29) is 36.4 Å². The number of rotatable bonds is 9. The van der Waals surface area contributed by atoms with Gasteiger partial charge in [-0.25, -0.2) is 8.42 Å². The van der Waals surface area contributed by atoms with Crippen LogP contribution in [0.3, 0.4) is 0 Å². The first-order chi connectivity index (χ1) is 19.8. The van der Waals surface area contributed by atoms with Gasteiger partial charge in [-0.3, -0.25) is 14.3 Å². The number of benzene rings is 2. The van der Waals surface area contributed by atoms with E-state index in [0.717, 1.165) is 28.7 Å². The van der Waals surface area contributed by atoms with Gasteiger partial charge in [0.2, 0.25) is 10.0 Å². The summed E-state index contributed by atoms with van der Waals surface area (Å²) >= 11 is 1.20. The number of sulfonamides is 1. The summed E-state index contributed by atoms with van der Waals surface area (Å²) in [6.45, 7) is 2.00. The van der Waals surface area contributed by atoms with Crippen LogP contribution in [-0.2, 0) is 40.9 Å². The van der Waals surface area contributed by atoms with Crippen molar-refractivity contribution >= 4 is 50.3 Å². The molecule has 41 heavy (non-hydrogen) atoms. The van der Waals surface area contributed by atoms with Gasteiger partial charge in [0.15, 0.2) is 6.61 Å². The molecule has 3 N–H and O–H groups in total. The molecule has 4 heterocycles. The van der Waals surface area contributed by atoms with Crippen LogP contribution in [-0.4, -0.2) is 69.8 Å². The molecule has 2 amide bonds. The zero-order chi connectivity index (χ0) is 28.6. The Labute approximate surface area is 240 Å². The molecule has 2 aliphatic rings. The molecule has 0 spiro atoms. The maximum absolute atomic E-state index is 13.6. The number of hydrogen-bond donors (Lipinski definition) is 3. The summed E-state index contributed by atoms with van der Waals surface area (Å²) in [6, 6.07) is 10.4. The number of nitrogens with one attached hydrogen (secondary N) is 3. The molecule has 0 bridgehead atoms. The molecular formula is C26H28N8O5S2. The first-order valence-electron chi connectivity index (χ1n) is 13.1. The normalized spacial score (nSPS) is 15.2. The second-order valence-electron chi connectivity index (χ2n) is 9.78. The van der Waals surface area contributed by atoms with E-state index in [4.69, 9.17) is 4.74 Å². The summed E-state index contributed by atoms with van der Waals surface area (Å²) in [6.07, 6.45) is 1.10. The van der Waals surface area contributed by atoms with Gasteiger partial charge >= 0.3 is 0 Å². The number of ether oxygens (including phenoxy) is 1. The van der Waals surface area contributed by atoms with Crippen LogP contribution < -0.4 is 20.7 Å².